The molecule has 2 bridgehead atoms. The van der Waals surface area contributed by atoms with Crippen LogP contribution in [0.1, 0.15) is 30.9 Å². The Morgan fingerprint density at radius 2 is 1.55 bits per heavy atom. The van der Waals surface area contributed by atoms with Gasteiger partial charge in [0.15, 0.2) is 10.8 Å². The number of rotatable bonds is 4. The molecule has 31 heavy (non-hydrogen) atoms. The maximum absolute atomic E-state index is 10.4. The first-order valence-electron chi connectivity index (χ1n) is 10.2. The molecule has 0 saturated carbocycles. The molecule has 2 fully saturated rings. The fourth-order valence-corrected chi connectivity index (χ4v) is 5.17. The molecule has 4 rings (SSSR count). The zero-order valence-corrected chi connectivity index (χ0v) is 17.4. The second-order valence-corrected chi connectivity index (χ2v) is 8.38. The molecule has 5 unspecified atom stereocenters. The Kier molecular flexibility index (Phi) is 4.81. The van der Waals surface area contributed by atoms with E-state index in [0.717, 1.165) is 11.1 Å². The molecule has 154 valence electrons. The van der Waals surface area contributed by atoms with E-state index in [1.165, 1.54) is 0 Å². The van der Waals surface area contributed by atoms with E-state index in [1.807, 2.05) is 67.6 Å². The molecule has 2 heterocycles. The quantitative estimate of drug-likeness (QED) is 0.806. The molecule has 6 heteroatoms. The lowest BCUT2D eigenvalue weighted by molar-refractivity contribution is -0.273. The second kappa shape index (κ2) is 7.24. The number of hydrogen-bond donors (Lipinski definition) is 1. The standard InChI is InChI=1S/C25H22N4O2/c1-17(19-11-7-4-8-12-19)21-24(14-26,15-27)25(16-28)20(13-18-9-5-3-6-10-18)23(2,30-21)31-22(25)29/h3-12,17,20-21,29H,13H2,1-2H3. The third-order valence-corrected chi connectivity index (χ3v) is 6.82. The first-order valence-corrected chi connectivity index (χ1v) is 10.2. The number of benzene rings is 2. The fourth-order valence-electron chi connectivity index (χ4n) is 5.17. The highest BCUT2D eigenvalue weighted by molar-refractivity contribution is 5.89. The van der Waals surface area contributed by atoms with Crippen molar-refractivity contribution in [2.24, 2.45) is 16.7 Å². The fraction of sp³-hybridized carbons (Fsp3) is 0.360. The van der Waals surface area contributed by atoms with Crippen molar-refractivity contribution >= 4 is 5.90 Å². The van der Waals surface area contributed by atoms with Crippen molar-refractivity contribution in [2.45, 2.75) is 38.1 Å². The lowest BCUT2D eigenvalue weighted by Gasteiger charge is -2.50. The van der Waals surface area contributed by atoms with Crippen LogP contribution in [0, 0.1) is 56.2 Å². The van der Waals surface area contributed by atoms with Crippen LogP contribution in [-0.4, -0.2) is 17.8 Å². The molecule has 2 aromatic rings. The molecule has 5 atom stereocenters. The van der Waals surface area contributed by atoms with E-state index in [0.29, 0.717) is 6.42 Å². The minimum absolute atomic E-state index is 0.338. The van der Waals surface area contributed by atoms with Gasteiger partial charge in [0, 0.05) is 12.8 Å². The van der Waals surface area contributed by atoms with Crippen LogP contribution >= 0.6 is 0 Å². The average Bonchev–Trinajstić information content (AvgIpc) is 2.96. The Morgan fingerprint density at radius 1 is 0.968 bits per heavy atom. The van der Waals surface area contributed by atoms with Crippen LogP contribution in [-0.2, 0) is 15.9 Å². The summed E-state index contributed by atoms with van der Waals surface area (Å²) < 4.78 is 12.3. The molecule has 6 nitrogen and oxygen atoms in total. The molecular formula is C25H22N4O2. The van der Waals surface area contributed by atoms with E-state index >= 15 is 0 Å². The average molecular weight is 410 g/mol. The highest BCUT2D eigenvalue weighted by Crippen LogP contribution is 2.64. The highest BCUT2D eigenvalue weighted by atomic mass is 16.7. The van der Waals surface area contributed by atoms with Gasteiger partial charge in [-0.3, -0.25) is 5.41 Å². The molecule has 0 spiro atoms. The van der Waals surface area contributed by atoms with Crippen LogP contribution in [0.3, 0.4) is 0 Å². The minimum atomic E-state index is -1.91. The van der Waals surface area contributed by atoms with Crippen molar-refractivity contribution in [1.29, 1.82) is 21.2 Å². The largest absolute Gasteiger partial charge is 0.448 e. The summed E-state index contributed by atoms with van der Waals surface area (Å²) in [4.78, 5) is 0. The van der Waals surface area contributed by atoms with Crippen LogP contribution in [0.2, 0.25) is 0 Å². The molecule has 0 aliphatic carbocycles. The molecule has 2 aliphatic rings. The van der Waals surface area contributed by atoms with Crippen molar-refractivity contribution in [3.8, 4) is 18.2 Å². The van der Waals surface area contributed by atoms with E-state index in [-0.39, 0.29) is 11.8 Å². The van der Waals surface area contributed by atoms with Crippen molar-refractivity contribution in [3.63, 3.8) is 0 Å². The van der Waals surface area contributed by atoms with E-state index < -0.39 is 28.6 Å². The Bertz CT molecular complexity index is 1110. The third kappa shape index (κ3) is 2.68. The van der Waals surface area contributed by atoms with Gasteiger partial charge in [0.25, 0.3) is 0 Å². The van der Waals surface area contributed by atoms with Crippen LogP contribution in [0.25, 0.3) is 0 Å². The molecule has 2 aliphatic heterocycles. The van der Waals surface area contributed by atoms with Crippen LogP contribution in [0.5, 0.6) is 0 Å². The summed E-state index contributed by atoms with van der Waals surface area (Å²) >= 11 is 0. The minimum Gasteiger partial charge on any atom is -0.448 e. The van der Waals surface area contributed by atoms with Crippen LogP contribution < -0.4 is 0 Å². The zero-order valence-electron chi connectivity index (χ0n) is 17.4. The first kappa shape index (κ1) is 20.6. The van der Waals surface area contributed by atoms with Gasteiger partial charge in [-0.15, -0.1) is 0 Å². The number of fused-ring (bicyclic) bond motifs is 2. The topological polar surface area (TPSA) is 114 Å². The lowest BCUT2D eigenvalue weighted by Crippen LogP contribution is -2.63. The second-order valence-electron chi connectivity index (χ2n) is 8.38. The molecule has 1 N–H and O–H groups in total. The summed E-state index contributed by atoms with van der Waals surface area (Å²) in [5.41, 5.74) is -1.87. The molecule has 2 aromatic carbocycles. The van der Waals surface area contributed by atoms with Gasteiger partial charge in [0.1, 0.15) is 6.10 Å². The predicted octanol–water partition coefficient (Wildman–Crippen LogP) is 4.32. The maximum atomic E-state index is 10.4. The summed E-state index contributed by atoms with van der Waals surface area (Å²) in [5.74, 6) is -2.75. The number of nitrogens with zero attached hydrogens (tertiary/aromatic N) is 3. The molecule has 2 saturated heterocycles. The number of nitrogens with one attached hydrogen (secondary N) is 1. The van der Waals surface area contributed by atoms with Crippen molar-refractivity contribution < 1.29 is 9.47 Å². The van der Waals surface area contributed by atoms with Gasteiger partial charge in [0.2, 0.25) is 11.7 Å². The predicted molar refractivity (Wildman–Crippen MR) is 112 cm³/mol. The molecule has 0 radical (unpaired) electrons. The highest BCUT2D eigenvalue weighted by Gasteiger charge is 2.79. The molecular weight excluding hydrogens is 388 g/mol. The van der Waals surface area contributed by atoms with Gasteiger partial charge in [-0.1, -0.05) is 67.6 Å². The Morgan fingerprint density at radius 3 is 2.10 bits per heavy atom. The van der Waals surface area contributed by atoms with Crippen LogP contribution in [0.15, 0.2) is 60.7 Å². The number of nitriles is 3. The SMILES string of the molecule is CC(c1ccccc1)C1OC2(C)OC(=N)C(C#N)(C2Cc2ccccc2)C1(C#N)C#N. The summed E-state index contributed by atoms with van der Waals surface area (Å²) in [6.45, 7) is 3.58. The number of ether oxygens (including phenoxy) is 2. The normalized spacial score (nSPS) is 31.5. The summed E-state index contributed by atoms with van der Waals surface area (Å²) in [7, 11) is 0. The van der Waals surface area contributed by atoms with Gasteiger partial charge in [-0.05, 0) is 17.5 Å². The van der Waals surface area contributed by atoms with Gasteiger partial charge in [-0.2, -0.15) is 15.8 Å². The first-order chi connectivity index (χ1) is 14.9. The van der Waals surface area contributed by atoms with Crippen molar-refractivity contribution in [1.82, 2.24) is 0 Å². The van der Waals surface area contributed by atoms with E-state index in [1.54, 1.807) is 6.92 Å². The summed E-state index contributed by atoms with van der Waals surface area (Å²) in [6.07, 6.45) is -0.616. The number of hydrogen-bond acceptors (Lipinski definition) is 6. The third-order valence-electron chi connectivity index (χ3n) is 6.82. The van der Waals surface area contributed by atoms with E-state index in [4.69, 9.17) is 14.9 Å². The van der Waals surface area contributed by atoms with E-state index in [2.05, 4.69) is 18.2 Å². The molecule has 0 amide bonds. The Hall–Kier alpha value is -3.66. The van der Waals surface area contributed by atoms with Crippen molar-refractivity contribution in [2.75, 3.05) is 0 Å². The molecule has 0 aromatic heterocycles. The Balaban J connectivity index is 1.90. The lowest BCUT2D eigenvalue weighted by atomic mass is 9.51. The van der Waals surface area contributed by atoms with Crippen LogP contribution in [0.4, 0.5) is 0 Å². The Labute approximate surface area is 181 Å². The van der Waals surface area contributed by atoms with E-state index in [9.17, 15) is 15.8 Å². The van der Waals surface area contributed by atoms with Crippen molar-refractivity contribution in [3.05, 3.63) is 71.8 Å². The van der Waals surface area contributed by atoms with Gasteiger partial charge < -0.3 is 9.47 Å². The zero-order chi connectivity index (χ0) is 22.3. The van der Waals surface area contributed by atoms with Gasteiger partial charge in [0.05, 0.1) is 24.1 Å². The summed E-state index contributed by atoms with van der Waals surface area (Å²) in [5, 5.41) is 39.8. The summed E-state index contributed by atoms with van der Waals surface area (Å²) in [6, 6.07) is 25.4. The van der Waals surface area contributed by atoms with Gasteiger partial charge >= 0.3 is 0 Å². The smallest absolute Gasteiger partial charge is 0.214 e. The maximum Gasteiger partial charge on any atom is 0.214 e. The van der Waals surface area contributed by atoms with Gasteiger partial charge in [-0.25, -0.2) is 0 Å². The monoisotopic (exact) mass is 410 g/mol.